The Morgan fingerprint density at radius 3 is 3.08 bits per heavy atom. The number of terminal acetylenes is 1. The molecule has 1 saturated heterocycles. The number of hydrogen-bond donors (Lipinski definition) is 2. The Morgan fingerprint density at radius 1 is 1.75 bits per heavy atom. The summed E-state index contributed by atoms with van der Waals surface area (Å²) in [5.74, 6) is 2.71. The average molecular weight is 166 g/mol. The van der Waals surface area contributed by atoms with Gasteiger partial charge in [0, 0.05) is 25.0 Å². The second kappa shape index (κ2) is 5.18. The second-order valence-corrected chi connectivity index (χ2v) is 3.37. The molecule has 1 fully saturated rings. The molecular weight excluding hydrogens is 148 g/mol. The molecule has 2 nitrogen and oxygen atoms in total. The SMILES string of the molecule is C#CCC(CC)NC1CCNC1. The molecule has 0 saturated carbocycles. The third kappa shape index (κ3) is 2.84. The molecule has 0 bridgehead atoms. The number of nitrogens with one attached hydrogen (secondary N) is 2. The molecule has 0 aliphatic carbocycles. The summed E-state index contributed by atoms with van der Waals surface area (Å²) < 4.78 is 0. The lowest BCUT2D eigenvalue weighted by atomic mass is 10.1. The van der Waals surface area contributed by atoms with Crippen LogP contribution in [0.3, 0.4) is 0 Å². The molecule has 0 aromatic carbocycles. The predicted molar refractivity (Wildman–Crippen MR) is 51.9 cm³/mol. The van der Waals surface area contributed by atoms with Gasteiger partial charge in [-0.15, -0.1) is 12.3 Å². The van der Waals surface area contributed by atoms with Gasteiger partial charge < -0.3 is 10.6 Å². The van der Waals surface area contributed by atoms with Gasteiger partial charge >= 0.3 is 0 Å². The Labute approximate surface area is 75.1 Å². The van der Waals surface area contributed by atoms with Gasteiger partial charge in [-0.1, -0.05) is 6.92 Å². The third-order valence-electron chi connectivity index (χ3n) is 2.39. The minimum absolute atomic E-state index is 0.514. The van der Waals surface area contributed by atoms with Crippen LogP contribution in [-0.4, -0.2) is 25.2 Å². The maximum atomic E-state index is 5.27. The van der Waals surface area contributed by atoms with Crippen molar-refractivity contribution in [2.75, 3.05) is 13.1 Å². The van der Waals surface area contributed by atoms with Crippen LogP contribution < -0.4 is 10.6 Å². The van der Waals surface area contributed by atoms with Crippen LogP contribution in [-0.2, 0) is 0 Å². The first-order valence-electron chi connectivity index (χ1n) is 4.77. The molecule has 0 aromatic heterocycles. The predicted octanol–water partition coefficient (Wildman–Crippen LogP) is 0.740. The molecule has 2 heteroatoms. The molecule has 12 heavy (non-hydrogen) atoms. The maximum absolute atomic E-state index is 5.27. The minimum Gasteiger partial charge on any atom is -0.315 e. The molecule has 2 N–H and O–H groups in total. The van der Waals surface area contributed by atoms with Crippen molar-refractivity contribution in [2.45, 2.75) is 38.3 Å². The minimum atomic E-state index is 0.514. The first kappa shape index (κ1) is 9.57. The van der Waals surface area contributed by atoms with Crippen LogP contribution in [0.15, 0.2) is 0 Å². The van der Waals surface area contributed by atoms with Crippen molar-refractivity contribution in [3.05, 3.63) is 0 Å². The quantitative estimate of drug-likeness (QED) is 0.602. The van der Waals surface area contributed by atoms with Crippen LogP contribution in [0.4, 0.5) is 0 Å². The lowest BCUT2D eigenvalue weighted by Crippen LogP contribution is -2.39. The van der Waals surface area contributed by atoms with E-state index in [1.165, 1.54) is 6.42 Å². The van der Waals surface area contributed by atoms with Crippen molar-refractivity contribution in [2.24, 2.45) is 0 Å². The van der Waals surface area contributed by atoms with Crippen molar-refractivity contribution < 1.29 is 0 Å². The van der Waals surface area contributed by atoms with Crippen molar-refractivity contribution in [3.8, 4) is 12.3 Å². The fourth-order valence-electron chi connectivity index (χ4n) is 1.59. The third-order valence-corrected chi connectivity index (χ3v) is 2.39. The number of hydrogen-bond acceptors (Lipinski definition) is 2. The van der Waals surface area contributed by atoms with Gasteiger partial charge in [-0.05, 0) is 19.4 Å². The Hall–Kier alpha value is -0.520. The van der Waals surface area contributed by atoms with E-state index in [9.17, 15) is 0 Å². The highest BCUT2D eigenvalue weighted by Crippen LogP contribution is 2.03. The maximum Gasteiger partial charge on any atom is 0.0240 e. The Kier molecular flexibility index (Phi) is 4.13. The van der Waals surface area contributed by atoms with E-state index in [0.717, 1.165) is 25.9 Å². The summed E-state index contributed by atoms with van der Waals surface area (Å²) in [5, 5.41) is 6.89. The summed E-state index contributed by atoms with van der Waals surface area (Å²) >= 11 is 0. The zero-order valence-electron chi connectivity index (χ0n) is 7.77. The molecule has 0 amide bonds. The molecule has 1 aliphatic rings. The summed E-state index contributed by atoms with van der Waals surface area (Å²) in [7, 11) is 0. The molecule has 0 radical (unpaired) electrons. The summed E-state index contributed by atoms with van der Waals surface area (Å²) in [6, 6.07) is 1.16. The smallest absolute Gasteiger partial charge is 0.0240 e. The molecule has 2 atom stereocenters. The van der Waals surface area contributed by atoms with Crippen LogP contribution in [0, 0.1) is 12.3 Å². The highest BCUT2D eigenvalue weighted by molar-refractivity contribution is 4.91. The molecule has 0 aromatic rings. The topological polar surface area (TPSA) is 24.1 Å². The monoisotopic (exact) mass is 166 g/mol. The van der Waals surface area contributed by atoms with Gasteiger partial charge in [0.15, 0.2) is 0 Å². The van der Waals surface area contributed by atoms with Crippen molar-refractivity contribution in [1.82, 2.24) is 10.6 Å². The standard InChI is InChI=1S/C10H18N2/c1-3-5-9(4-2)12-10-6-7-11-8-10/h1,9-12H,4-8H2,2H3. The molecule has 68 valence electrons. The van der Waals surface area contributed by atoms with Gasteiger partial charge in [0.05, 0.1) is 0 Å². The zero-order chi connectivity index (χ0) is 8.81. The Balaban J connectivity index is 2.21. The first-order chi connectivity index (χ1) is 5.86. The van der Waals surface area contributed by atoms with Crippen molar-refractivity contribution in [3.63, 3.8) is 0 Å². The lowest BCUT2D eigenvalue weighted by molar-refractivity contribution is 0.438. The fourth-order valence-corrected chi connectivity index (χ4v) is 1.59. The van der Waals surface area contributed by atoms with Crippen LogP contribution >= 0.6 is 0 Å². The molecule has 1 heterocycles. The van der Waals surface area contributed by atoms with E-state index in [2.05, 4.69) is 23.5 Å². The van der Waals surface area contributed by atoms with Gasteiger partial charge in [-0.3, -0.25) is 0 Å². The molecule has 1 rings (SSSR count). The van der Waals surface area contributed by atoms with E-state index in [-0.39, 0.29) is 0 Å². The van der Waals surface area contributed by atoms with Crippen molar-refractivity contribution >= 4 is 0 Å². The van der Waals surface area contributed by atoms with E-state index >= 15 is 0 Å². The van der Waals surface area contributed by atoms with Crippen LogP contribution in [0.1, 0.15) is 26.2 Å². The molecule has 1 aliphatic heterocycles. The summed E-state index contributed by atoms with van der Waals surface area (Å²) in [6.45, 7) is 4.42. The highest BCUT2D eigenvalue weighted by Gasteiger charge is 2.16. The van der Waals surface area contributed by atoms with E-state index in [1.807, 2.05) is 0 Å². The van der Waals surface area contributed by atoms with E-state index in [0.29, 0.717) is 12.1 Å². The van der Waals surface area contributed by atoms with E-state index < -0.39 is 0 Å². The Morgan fingerprint density at radius 2 is 2.58 bits per heavy atom. The van der Waals surface area contributed by atoms with Gasteiger partial charge in [0.2, 0.25) is 0 Å². The number of rotatable bonds is 4. The normalized spacial score (nSPS) is 25.2. The molecular formula is C10H18N2. The average Bonchev–Trinajstić information content (AvgIpc) is 2.56. The lowest BCUT2D eigenvalue weighted by Gasteiger charge is -2.18. The van der Waals surface area contributed by atoms with E-state index in [1.54, 1.807) is 0 Å². The van der Waals surface area contributed by atoms with E-state index in [4.69, 9.17) is 6.42 Å². The van der Waals surface area contributed by atoms with Crippen LogP contribution in [0.25, 0.3) is 0 Å². The van der Waals surface area contributed by atoms with Gasteiger partial charge in [-0.2, -0.15) is 0 Å². The largest absolute Gasteiger partial charge is 0.315 e. The summed E-state index contributed by atoms with van der Waals surface area (Å²) in [6.07, 6.45) is 8.49. The van der Waals surface area contributed by atoms with Gasteiger partial charge in [-0.25, -0.2) is 0 Å². The zero-order valence-corrected chi connectivity index (χ0v) is 7.77. The summed E-state index contributed by atoms with van der Waals surface area (Å²) in [4.78, 5) is 0. The molecule has 0 spiro atoms. The first-order valence-corrected chi connectivity index (χ1v) is 4.77. The fraction of sp³-hybridized carbons (Fsp3) is 0.800. The van der Waals surface area contributed by atoms with Gasteiger partial charge in [0.25, 0.3) is 0 Å². The Bertz CT molecular complexity index is 154. The summed E-state index contributed by atoms with van der Waals surface area (Å²) in [5.41, 5.74) is 0. The molecule has 2 unspecified atom stereocenters. The van der Waals surface area contributed by atoms with Gasteiger partial charge in [0.1, 0.15) is 0 Å². The highest BCUT2D eigenvalue weighted by atomic mass is 15.0. The van der Waals surface area contributed by atoms with Crippen LogP contribution in [0.2, 0.25) is 0 Å². The van der Waals surface area contributed by atoms with Crippen LogP contribution in [0.5, 0.6) is 0 Å². The van der Waals surface area contributed by atoms with Crippen molar-refractivity contribution in [1.29, 1.82) is 0 Å². The second-order valence-electron chi connectivity index (χ2n) is 3.37.